The first-order valence-corrected chi connectivity index (χ1v) is 13.7. The Balaban J connectivity index is 1.27. The molecule has 3 aromatic carbocycles. The van der Waals surface area contributed by atoms with Crippen LogP contribution in [0.25, 0.3) is 17.1 Å². The van der Waals surface area contributed by atoms with Crippen molar-refractivity contribution < 1.29 is 27.5 Å². The van der Waals surface area contributed by atoms with Crippen molar-refractivity contribution >= 4 is 34.6 Å². The number of benzene rings is 3. The lowest BCUT2D eigenvalue weighted by atomic mass is 10.1. The molecule has 4 aromatic rings. The van der Waals surface area contributed by atoms with Crippen LogP contribution >= 0.6 is 11.8 Å². The van der Waals surface area contributed by atoms with Gasteiger partial charge in [-0.3, -0.25) is 9.69 Å². The van der Waals surface area contributed by atoms with Crippen LogP contribution in [-0.4, -0.2) is 44.0 Å². The summed E-state index contributed by atoms with van der Waals surface area (Å²) >= 11 is 1.15. The number of nitriles is 1. The molecule has 14 heteroatoms. The van der Waals surface area contributed by atoms with E-state index in [2.05, 4.69) is 25.1 Å². The summed E-state index contributed by atoms with van der Waals surface area (Å²) in [6, 6.07) is 17.7. The number of hydrogen-bond donors (Lipinski definition) is 1. The molecule has 0 radical (unpaired) electrons. The molecule has 1 unspecified atom stereocenters. The number of aryl methyl sites for hydroxylation is 2. The molecule has 0 aliphatic carbocycles. The van der Waals surface area contributed by atoms with Gasteiger partial charge in [-0.15, -0.1) is 18.3 Å². The van der Waals surface area contributed by atoms with E-state index >= 15 is 0 Å². The number of amides is 3. The zero-order chi connectivity index (χ0) is 30.7. The number of thioether (sulfide) groups is 1. The number of rotatable bonds is 6. The van der Waals surface area contributed by atoms with Crippen molar-refractivity contribution in [2.45, 2.75) is 26.3 Å². The van der Waals surface area contributed by atoms with Crippen molar-refractivity contribution in [2.24, 2.45) is 4.99 Å². The summed E-state index contributed by atoms with van der Waals surface area (Å²) in [5, 5.41) is 16.9. The molecule has 1 aliphatic heterocycles. The summed E-state index contributed by atoms with van der Waals surface area (Å²) in [5.41, 5.74) is 3.98. The van der Waals surface area contributed by atoms with Crippen molar-refractivity contribution in [3.05, 3.63) is 89.7 Å². The quantitative estimate of drug-likeness (QED) is 0.292. The molecule has 1 saturated heterocycles. The number of hydrogen-bond acceptors (Lipinski definition) is 7. The Kier molecular flexibility index (Phi) is 8.18. The SMILES string of the molecule is Cc1cccc(C)c1N1C(=O)CS/C1=N\C(=O)NC(C#N)c1ccc(-c2ncn(-c3ccc(OC(F)(F)F)cc3)n2)cc1. The van der Waals surface area contributed by atoms with Gasteiger partial charge < -0.3 is 10.1 Å². The number of amidine groups is 1. The van der Waals surface area contributed by atoms with E-state index in [9.17, 15) is 28.0 Å². The fourth-order valence-corrected chi connectivity index (χ4v) is 5.25. The number of carbonyl (C=O) groups excluding carboxylic acids is 2. The normalized spacial score (nSPS) is 14.9. The molecule has 10 nitrogen and oxygen atoms in total. The summed E-state index contributed by atoms with van der Waals surface area (Å²) in [6.45, 7) is 3.75. The molecule has 218 valence electrons. The fraction of sp³-hybridized carbons (Fsp3) is 0.172. The van der Waals surface area contributed by atoms with Crippen LogP contribution in [-0.2, 0) is 4.79 Å². The minimum Gasteiger partial charge on any atom is -0.406 e. The minimum absolute atomic E-state index is 0.143. The monoisotopic (exact) mass is 605 g/mol. The van der Waals surface area contributed by atoms with Crippen molar-refractivity contribution in [1.82, 2.24) is 20.1 Å². The number of nitrogens with one attached hydrogen (secondary N) is 1. The lowest BCUT2D eigenvalue weighted by Crippen LogP contribution is -2.33. The number of halogens is 3. The lowest BCUT2D eigenvalue weighted by molar-refractivity contribution is -0.274. The number of ether oxygens (including phenoxy) is 1. The summed E-state index contributed by atoms with van der Waals surface area (Å²) in [4.78, 5) is 35.2. The van der Waals surface area contributed by atoms with Crippen LogP contribution in [0.1, 0.15) is 22.7 Å². The standard InChI is InChI=1S/C29H22F3N7O3S/c1-17-4-3-5-18(2)25(17)39-24(40)15-43-28(39)36-27(41)35-23(14-33)19-6-8-20(9-7-19)26-34-16-38(37-26)21-10-12-22(13-11-21)42-29(30,31)32/h3-13,16,23H,15H2,1-2H3,(H,35,41)/b36-28-. The highest BCUT2D eigenvalue weighted by Gasteiger charge is 2.33. The maximum Gasteiger partial charge on any atom is 0.573 e. The van der Waals surface area contributed by atoms with Crippen LogP contribution in [0, 0.1) is 25.2 Å². The first kappa shape index (κ1) is 29.3. The Morgan fingerprint density at radius 2 is 1.77 bits per heavy atom. The molecule has 1 aliphatic rings. The van der Waals surface area contributed by atoms with Gasteiger partial charge in [0.15, 0.2) is 11.0 Å². The van der Waals surface area contributed by atoms with Crippen molar-refractivity contribution in [3.63, 3.8) is 0 Å². The van der Waals surface area contributed by atoms with E-state index in [1.54, 1.807) is 24.3 Å². The first-order valence-electron chi connectivity index (χ1n) is 12.7. The molecule has 1 N–H and O–H groups in total. The molecular weight excluding hydrogens is 583 g/mol. The fourth-order valence-electron chi connectivity index (χ4n) is 4.40. The summed E-state index contributed by atoms with van der Waals surface area (Å²) in [6.07, 6.45) is -3.37. The third kappa shape index (κ3) is 6.68. The van der Waals surface area contributed by atoms with E-state index in [0.29, 0.717) is 28.3 Å². The lowest BCUT2D eigenvalue weighted by Gasteiger charge is -2.20. The van der Waals surface area contributed by atoms with Crippen LogP contribution in [0.3, 0.4) is 0 Å². The van der Waals surface area contributed by atoms with Gasteiger partial charge in [0.25, 0.3) is 0 Å². The smallest absolute Gasteiger partial charge is 0.406 e. The largest absolute Gasteiger partial charge is 0.573 e. The number of carbonyl (C=O) groups is 2. The van der Waals surface area contributed by atoms with Crippen molar-refractivity contribution in [1.29, 1.82) is 5.26 Å². The van der Waals surface area contributed by atoms with Gasteiger partial charge in [0.2, 0.25) is 5.91 Å². The number of aliphatic imine (C=N–C) groups is 1. The molecule has 0 spiro atoms. The first-order chi connectivity index (χ1) is 20.5. The summed E-state index contributed by atoms with van der Waals surface area (Å²) < 4.78 is 42.5. The molecular formula is C29H22F3N7O3S. The molecule has 0 bridgehead atoms. The van der Waals surface area contributed by atoms with Gasteiger partial charge in [-0.25, -0.2) is 14.5 Å². The average Bonchev–Trinajstić information content (AvgIpc) is 3.59. The molecule has 3 amide bonds. The molecule has 5 rings (SSSR count). The van der Waals surface area contributed by atoms with E-state index < -0.39 is 18.4 Å². The van der Waals surface area contributed by atoms with Crippen LogP contribution in [0.4, 0.5) is 23.7 Å². The Morgan fingerprint density at radius 1 is 1.09 bits per heavy atom. The molecule has 0 saturated carbocycles. The van der Waals surface area contributed by atoms with Gasteiger partial charge in [0.05, 0.1) is 23.2 Å². The number of anilines is 1. The number of alkyl halides is 3. The van der Waals surface area contributed by atoms with E-state index in [0.717, 1.165) is 22.9 Å². The zero-order valence-corrected chi connectivity index (χ0v) is 23.5. The van der Waals surface area contributed by atoms with Crippen LogP contribution in [0.5, 0.6) is 5.75 Å². The van der Waals surface area contributed by atoms with Crippen LogP contribution in [0.2, 0.25) is 0 Å². The minimum atomic E-state index is -4.79. The maximum absolute atomic E-state index is 12.8. The molecule has 1 fully saturated rings. The molecule has 1 atom stereocenters. The van der Waals surface area contributed by atoms with Crippen molar-refractivity contribution in [2.75, 3.05) is 10.7 Å². The Labute approximate surface area is 247 Å². The van der Waals surface area contributed by atoms with Gasteiger partial charge in [-0.2, -0.15) is 10.3 Å². The van der Waals surface area contributed by atoms with E-state index in [1.807, 2.05) is 38.1 Å². The number of aromatic nitrogens is 3. The predicted molar refractivity (Wildman–Crippen MR) is 154 cm³/mol. The topological polar surface area (TPSA) is 126 Å². The average molecular weight is 606 g/mol. The Morgan fingerprint density at radius 3 is 2.40 bits per heavy atom. The van der Waals surface area contributed by atoms with Gasteiger partial charge in [0.1, 0.15) is 18.1 Å². The van der Waals surface area contributed by atoms with E-state index in [1.165, 1.54) is 40.2 Å². The Bertz CT molecular complexity index is 1730. The highest BCUT2D eigenvalue weighted by atomic mass is 32.2. The van der Waals surface area contributed by atoms with E-state index in [-0.39, 0.29) is 22.6 Å². The number of para-hydroxylation sites is 1. The second kappa shape index (κ2) is 12.0. The highest BCUT2D eigenvalue weighted by Crippen LogP contribution is 2.32. The molecule has 2 heterocycles. The third-order valence-corrected chi connectivity index (χ3v) is 7.27. The van der Waals surface area contributed by atoms with Gasteiger partial charge in [0, 0.05) is 5.56 Å². The van der Waals surface area contributed by atoms with Gasteiger partial charge >= 0.3 is 12.4 Å². The van der Waals surface area contributed by atoms with Gasteiger partial charge in [-0.05, 0) is 54.8 Å². The third-order valence-electron chi connectivity index (χ3n) is 6.35. The molecule has 1 aromatic heterocycles. The number of urea groups is 1. The molecule has 43 heavy (non-hydrogen) atoms. The zero-order valence-electron chi connectivity index (χ0n) is 22.7. The Hall–Kier alpha value is -5.16. The van der Waals surface area contributed by atoms with E-state index in [4.69, 9.17) is 0 Å². The second-order valence-electron chi connectivity index (χ2n) is 9.34. The summed E-state index contributed by atoms with van der Waals surface area (Å²) in [7, 11) is 0. The predicted octanol–water partition coefficient (Wildman–Crippen LogP) is 5.86. The second-order valence-corrected chi connectivity index (χ2v) is 10.3. The maximum atomic E-state index is 12.8. The van der Waals surface area contributed by atoms with Gasteiger partial charge in [-0.1, -0.05) is 54.2 Å². The van der Waals surface area contributed by atoms with Crippen molar-refractivity contribution in [3.8, 4) is 28.9 Å². The van der Waals surface area contributed by atoms with Crippen LogP contribution < -0.4 is 15.0 Å². The summed E-state index contributed by atoms with van der Waals surface area (Å²) in [5.74, 6) is -0.0672. The van der Waals surface area contributed by atoms with Crippen LogP contribution in [0.15, 0.2) is 78.0 Å². The number of nitrogens with zero attached hydrogens (tertiary/aromatic N) is 6. The highest BCUT2D eigenvalue weighted by molar-refractivity contribution is 8.15.